The van der Waals surface area contributed by atoms with Crippen LogP contribution >= 0.6 is 27.5 Å². The Hall–Kier alpha value is -0.540. The van der Waals surface area contributed by atoms with E-state index in [1.807, 2.05) is 12.1 Å². The van der Waals surface area contributed by atoms with Gasteiger partial charge < -0.3 is 5.73 Å². The van der Waals surface area contributed by atoms with Crippen molar-refractivity contribution in [2.75, 3.05) is 11.6 Å². The van der Waals surface area contributed by atoms with Crippen molar-refractivity contribution in [3.8, 4) is 0 Å². The number of Topliss-reactive ketones (excluding diaryl/α,β-unsaturated/α-hetero) is 1. The SMILES string of the molecule is Nc1ccc(CC(=O)CCl)c(CBr)c1. The Kier molecular flexibility index (Phi) is 4.42. The normalized spacial score (nSPS) is 10.1. The highest BCUT2D eigenvalue weighted by atomic mass is 79.9. The maximum Gasteiger partial charge on any atom is 0.151 e. The summed E-state index contributed by atoms with van der Waals surface area (Å²) in [6, 6.07) is 5.53. The van der Waals surface area contributed by atoms with Gasteiger partial charge in [0.25, 0.3) is 0 Å². The van der Waals surface area contributed by atoms with Crippen LogP contribution in [0.25, 0.3) is 0 Å². The summed E-state index contributed by atoms with van der Waals surface area (Å²) in [7, 11) is 0. The highest BCUT2D eigenvalue weighted by molar-refractivity contribution is 9.08. The number of halogens is 2. The number of alkyl halides is 2. The highest BCUT2D eigenvalue weighted by Gasteiger charge is 2.06. The Morgan fingerprint density at radius 1 is 1.43 bits per heavy atom. The molecular weight excluding hydrogens is 265 g/mol. The predicted molar refractivity (Wildman–Crippen MR) is 62.9 cm³/mol. The maximum absolute atomic E-state index is 11.2. The van der Waals surface area contributed by atoms with E-state index < -0.39 is 0 Å². The van der Waals surface area contributed by atoms with Crippen molar-refractivity contribution >= 4 is 39.0 Å². The summed E-state index contributed by atoms with van der Waals surface area (Å²) in [5, 5.41) is 0.697. The fraction of sp³-hybridized carbons (Fsp3) is 0.300. The third-order valence-corrected chi connectivity index (χ3v) is 2.81. The fourth-order valence-corrected chi connectivity index (χ4v) is 1.82. The molecule has 76 valence electrons. The molecule has 2 N–H and O–H groups in total. The van der Waals surface area contributed by atoms with Crippen LogP contribution in [-0.4, -0.2) is 11.7 Å². The second-order valence-electron chi connectivity index (χ2n) is 3.01. The molecule has 0 aliphatic carbocycles. The number of hydrogen-bond acceptors (Lipinski definition) is 2. The summed E-state index contributed by atoms with van der Waals surface area (Å²) in [4.78, 5) is 11.2. The van der Waals surface area contributed by atoms with Gasteiger partial charge in [-0.25, -0.2) is 0 Å². The van der Waals surface area contributed by atoms with Crippen molar-refractivity contribution < 1.29 is 4.79 Å². The minimum atomic E-state index is 0.0265. The smallest absolute Gasteiger partial charge is 0.151 e. The third kappa shape index (κ3) is 3.00. The first-order chi connectivity index (χ1) is 6.67. The largest absolute Gasteiger partial charge is 0.399 e. The minimum Gasteiger partial charge on any atom is -0.399 e. The quantitative estimate of drug-likeness (QED) is 0.678. The predicted octanol–water partition coefficient (Wildman–Crippen LogP) is 2.51. The van der Waals surface area contributed by atoms with Crippen LogP contribution in [-0.2, 0) is 16.5 Å². The molecule has 14 heavy (non-hydrogen) atoms. The molecule has 0 saturated carbocycles. The first-order valence-electron chi connectivity index (χ1n) is 4.18. The van der Waals surface area contributed by atoms with Gasteiger partial charge in [0.05, 0.1) is 5.88 Å². The van der Waals surface area contributed by atoms with Crippen molar-refractivity contribution in [1.82, 2.24) is 0 Å². The van der Waals surface area contributed by atoms with E-state index in [1.54, 1.807) is 6.07 Å². The number of carbonyl (C=O) groups excluding carboxylic acids is 1. The van der Waals surface area contributed by atoms with Gasteiger partial charge in [0.15, 0.2) is 5.78 Å². The van der Waals surface area contributed by atoms with Gasteiger partial charge in [-0.1, -0.05) is 22.0 Å². The second-order valence-corrected chi connectivity index (χ2v) is 3.84. The first-order valence-corrected chi connectivity index (χ1v) is 5.84. The van der Waals surface area contributed by atoms with Gasteiger partial charge in [0.2, 0.25) is 0 Å². The van der Waals surface area contributed by atoms with E-state index in [0.29, 0.717) is 17.4 Å². The van der Waals surface area contributed by atoms with Gasteiger partial charge in [-0.2, -0.15) is 0 Å². The number of ketones is 1. The lowest BCUT2D eigenvalue weighted by Gasteiger charge is -2.06. The summed E-state index contributed by atoms with van der Waals surface area (Å²) in [6.45, 7) is 0. The fourth-order valence-electron chi connectivity index (χ4n) is 1.20. The van der Waals surface area contributed by atoms with Gasteiger partial charge in [0.1, 0.15) is 0 Å². The van der Waals surface area contributed by atoms with E-state index in [-0.39, 0.29) is 11.7 Å². The Labute approximate surface area is 96.6 Å². The van der Waals surface area contributed by atoms with Crippen LogP contribution in [0.2, 0.25) is 0 Å². The second kappa shape index (κ2) is 5.37. The minimum absolute atomic E-state index is 0.0265. The number of nitrogens with two attached hydrogens (primary N) is 1. The number of nitrogen functional groups attached to an aromatic ring is 1. The molecule has 0 amide bonds. The van der Waals surface area contributed by atoms with Gasteiger partial charge in [-0.3, -0.25) is 4.79 Å². The maximum atomic E-state index is 11.2. The number of benzene rings is 1. The van der Waals surface area contributed by atoms with E-state index in [1.165, 1.54) is 0 Å². The summed E-state index contributed by atoms with van der Waals surface area (Å²) < 4.78 is 0. The van der Waals surface area contributed by atoms with Crippen LogP contribution in [0.1, 0.15) is 11.1 Å². The third-order valence-electron chi connectivity index (χ3n) is 1.91. The average molecular weight is 277 g/mol. The molecule has 1 aromatic carbocycles. The zero-order valence-corrected chi connectivity index (χ0v) is 9.94. The molecule has 0 bridgehead atoms. The van der Waals surface area contributed by atoms with Gasteiger partial charge in [-0.05, 0) is 23.3 Å². The monoisotopic (exact) mass is 275 g/mol. The summed E-state index contributed by atoms with van der Waals surface area (Å²) in [5.41, 5.74) is 8.38. The van der Waals surface area contributed by atoms with Crippen molar-refractivity contribution in [3.63, 3.8) is 0 Å². The van der Waals surface area contributed by atoms with E-state index in [9.17, 15) is 4.79 Å². The molecule has 0 fully saturated rings. The Morgan fingerprint density at radius 2 is 2.14 bits per heavy atom. The molecule has 0 aromatic heterocycles. The molecule has 0 atom stereocenters. The average Bonchev–Trinajstić information content (AvgIpc) is 2.20. The number of anilines is 1. The van der Waals surface area contributed by atoms with Gasteiger partial charge in [-0.15, -0.1) is 11.6 Å². The molecule has 0 aliphatic heterocycles. The molecule has 0 radical (unpaired) electrons. The van der Waals surface area contributed by atoms with Crippen LogP contribution < -0.4 is 5.73 Å². The summed E-state index contributed by atoms with van der Waals surface area (Å²) >= 11 is 8.80. The lowest BCUT2D eigenvalue weighted by atomic mass is 10.0. The van der Waals surface area contributed by atoms with Crippen LogP contribution in [0.3, 0.4) is 0 Å². The lowest BCUT2D eigenvalue weighted by Crippen LogP contribution is -2.06. The number of rotatable bonds is 4. The molecule has 0 spiro atoms. The highest BCUT2D eigenvalue weighted by Crippen LogP contribution is 2.17. The molecule has 1 rings (SSSR count). The Bertz CT molecular complexity index is 341. The molecule has 0 saturated heterocycles. The molecule has 0 aliphatic rings. The van der Waals surface area contributed by atoms with E-state index >= 15 is 0 Å². The van der Waals surface area contributed by atoms with E-state index in [0.717, 1.165) is 11.1 Å². The zero-order chi connectivity index (χ0) is 10.6. The molecule has 0 heterocycles. The Balaban J connectivity index is 2.90. The number of hydrogen-bond donors (Lipinski definition) is 1. The van der Waals surface area contributed by atoms with Crippen LogP contribution in [0, 0.1) is 0 Å². The molecule has 2 nitrogen and oxygen atoms in total. The standard InChI is InChI=1S/C10H11BrClNO/c11-5-8-3-9(13)2-1-7(8)4-10(14)6-12/h1-3H,4-6,13H2. The number of carbonyl (C=O) groups is 1. The molecular formula is C10H11BrClNO. The molecule has 1 aromatic rings. The van der Waals surface area contributed by atoms with Crippen molar-refractivity contribution in [3.05, 3.63) is 29.3 Å². The topological polar surface area (TPSA) is 43.1 Å². The van der Waals surface area contributed by atoms with Crippen molar-refractivity contribution in [2.45, 2.75) is 11.8 Å². The summed E-state index contributed by atoms with van der Waals surface area (Å²) in [5.74, 6) is 0.0881. The van der Waals surface area contributed by atoms with E-state index in [4.69, 9.17) is 17.3 Å². The summed E-state index contributed by atoms with van der Waals surface area (Å²) in [6.07, 6.45) is 0.380. The van der Waals surface area contributed by atoms with Crippen LogP contribution in [0.5, 0.6) is 0 Å². The zero-order valence-electron chi connectivity index (χ0n) is 7.59. The van der Waals surface area contributed by atoms with Crippen molar-refractivity contribution in [2.24, 2.45) is 0 Å². The Morgan fingerprint density at radius 3 is 2.71 bits per heavy atom. The molecule has 4 heteroatoms. The molecule has 0 unspecified atom stereocenters. The van der Waals surface area contributed by atoms with E-state index in [2.05, 4.69) is 15.9 Å². The lowest BCUT2D eigenvalue weighted by molar-refractivity contribution is -0.116. The van der Waals surface area contributed by atoms with Gasteiger partial charge >= 0.3 is 0 Å². The van der Waals surface area contributed by atoms with Gasteiger partial charge in [0, 0.05) is 17.4 Å². The van der Waals surface area contributed by atoms with Crippen LogP contribution in [0.4, 0.5) is 5.69 Å². The van der Waals surface area contributed by atoms with Crippen molar-refractivity contribution in [1.29, 1.82) is 0 Å². The van der Waals surface area contributed by atoms with Crippen LogP contribution in [0.15, 0.2) is 18.2 Å². The first kappa shape index (κ1) is 11.5.